The van der Waals surface area contributed by atoms with E-state index in [0.29, 0.717) is 18.2 Å². The molecular formula is C16H21ClN2OS. The first-order valence-electron chi connectivity index (χ1n) is 6.97. The molecule has 0 aliphatic heterocycles. The molecule has 0 bridgehead atoms. The first-order valence-corrected chi connectivity index (χ1v) is 8.22. The van der Waals surface area contributed by atoms with Crippen LogP contribution in [0.15, 0.2) is 23.6 Å². The fourth-order valence-electron chi connectivity index (χ4n) is 1.92. The highest BCUT2D eigenvalue weighted by Gasteiger charge is 2.18. The summed E-state index contributed by atoms with van der Waals surface area (Å²) >= 11 is 7.84. The molecule has 0 saturated carbocycles. The van der Waals surface area contributed by atoms with Gasteiger partial charge in [-0.05, 0) is 24.6 Å². The topological polar surface area (TPSA) is 48.1 Å². The Labute approximate surface area is 135 Å². The SMILES string of the molecule is CC(C)(C)c1csc(COc2c(Cl)cccc2CCN)n1. The molecule has 1 aromatic carbocycles. The maximum absolute atomic E-state index is 6.23. The average Bonchev–Trinajstić information content (AvgIpc) is 2.87. The van der Waals surface area contributed by atoms with E-state index in [9.17, 15) is 0 Å². The third-order valence-corrected chi connectivity index (χ3v) is 4.24. The largest absolute Gasteiger partial charge is 0.485 e. The van der Waals surface area contributed by atoms with Crippen molar-refractivity contribution in [1.29, 1.82) is 0 Å². The number of hydrogen-bond acceptors (Lipinski definition) is 4. The quantitative estimate of drug-likeness (QED) is 0.897. The van der Waals surface area contributed by atoms with E-state index < -0.39 is 0 Å². The molecule has 5 heteroatoms. The molecule has 0 radical (unpaired) electrons. The molecule has 0 amide bonds. The van der Waals surface area contributed by atoms with Crippen LogP contribution in [0.1, 0.15) is 37.0 Å². The summed E-state index contributed by atoms with van der Waals surface area (Å²) in [4.78, 5) is 4.63. The Bertz CT molecular complexity index is 605. The summed E-state index contributed by atoms with van der Waals surface area (Å²) in [7, 11) is 0. The van der Waals surface area contributed by atoms with Gasteiger partial charge in [-0.3, -0.25) is 0 Å². The molecule has 0 atom stereocenters. The molecule has 3 nitrogen and oxygen atoms in total. The van der Waals surface area contributed by atoms with Gasteiger partial charge in [0, 0.05) is 10.8 Å². The van der Waals surface area contributed by atoms with E-state index in [2.05, 4.69) is 31.1 Å². The Kier molecular flexibility index (Phi) is 5.25. The molecule has 1 heterocycles. The zero-order chi connectivity index (χ0) is 15.5. The molecule has 1 aromatic heterocycles. The summed E-state index contributed by atoms with van der Waals surface area (Å²) < 4.78 is 5.89. The Morgan fingerprint density at radius 1 is 1.33 bits per heavy atom. The monoisotopic (exact) mass is 324 g/mol. The normalized spacial score (nSPS) is 11.7. The third kappa shape index (κ3) is 4.19. The molecule has 2 N–H and O–H groups in total. The molecular weight excluding hydrogens is 304 g/mol. The lowest BCUT2D eigenvalue weighted by Crippen LogP contribution is -2.11. The molecule has 0 fully saturated rings. The molecule has 21 heavy (non-hydrogen) atoms. The molecule has 0 saturated heterocycles. The highest BCUT2D eigenvalue weighted by atomic mass is 35.5. The van der Waals surface area contributed by atoms with Crippen LogP contribution in [-0.4, -0.2) is 11.5 Å². The van der Waals surface area contributed by atoms with E-state index >= 15 is 0 Å². The fraction of sp³-hybridized carbons (Fsp3) is 0.438. The van der Waals surface area contributed by atoms with Gasteiger partial charge in [0.1, 0.15) is 17.4 Å². The number of aromatic nitrogens is 1. The first kappa shape index (κ1) is 16.3. The Morgan fingerprint density at radius 3 is 2.71 bits per heavy atom. The van der Waals surface area contributed by atoms with Crippen LogP contribution in [-0.2, 0) is 18.4 Å². The second-order valence-corrected chi connectivity index (χ2v) is 7.28. The van der Waals surface area contributed by atoms with Crippen LogP contribution in [0, 0.1) is 0 Å². The summed E-state index contributed by atoms with van der Waals surface area (Å²) in [5.74, 6) is 0.720. The predicted molar refractivity (Wildman–Crippen MR) is 89.4 cm³/mol. The lowest BCUT2D eigenvalue weighted by Gasteiger charge is -2.14. The third-order valence-electron chi connectivity index (χ3n) is 3.12. The Hall–Kier alpha value is -1.10. The van der Waals surface area contributed by atoms with Gasteiger partial charge >= 0.3 is 0 Å². The van der Waals surface area contributed by atoms with Crippen LogP contribution in [0.25, 0.3) is 0 Å². The number of ether oxygens (including phenoxy) is 1. The molecule has 0 aliphatic carbocycles. The van der Waals surface area contributed by atoms with E-state index in [0.717, 1.165) is 28.4 Å². The van der Waals surface area contributed by atoms with Crippen molar-refractivity contribution in [1.82, 2.24) is 4.98 Å². The van der Waals surface area contributed by atoms with Gasteiger partial charge in [0.05, 0.1) is 10.7 Å². The smallest absolute Gasteiger partial charge is 0.141 e. The number of hydrogen-bond donors (Lipinski definition) is 1. The van der Waals surface area contributed by atoms with Crippen LogP contribution in [0.4, 0.5) is 0 Å². The van der Waals surface area contributed by atoms with Gasteiger partial charge in [-0.15, -0.1) is 11.3 Å². The molecule has 114 valence electrons. The number of thiazole rings is 1. The van der Waals surface area contributed by atoms with Crippen LogP contribution in [0.2, 0.25) is 5.02 Å². The van der Waals surface area contributed by atoms with Gasteiger partial charge in [0.25, 0.3) is 0 Å². The molecule has 0 spiro atoms. The lowest BCUT2D eigenvalue weighted by molar-refractivity contribution is 0.302. The number of halogens is 1. The fourth-order valence-corrected chi connectivity index (χ4v) is 3.10. The maximum atomic E-state index is 6.23. The Morgan fingerprint density at radius 2 is 2.10 bits per heavy atom. The number of nitrogens with two attached hydrogens (primary N) is 1. The Balaban J connectivity index is 2.11. The predicted octanol–water partition coefficient (Wildman–Crippen LogP) is 4.17. The highest BCUT2D eigenvalue weighted by Crippen LogP contribution is 2.30. The van der Waals surface area contributed by atoms with Crippen molar-refractivity contribution in [2.24, 2.45) is 5.73 Å². The van der Waals surface area contributed by atoms with E-state index in [1.165, 1.54) is 0 Å². The van der Waals surface area contributed by atoms with Crippen molar-refractivity contribution in [2.75, 3.05) is 6.54 Å². The van der Waals surface area contributed by atoms with Crippen molar-refractivity contribution in [3.8, 4) is 5.75 Å². The minimum Gasteiger partial charge on any atom is -0.485 e. The standard InChI is InChI=1S/C16H21ClN2OS/c1-16(2,3)13-10-21-14(19-13)9-20-15-11(7-8-18)5-4-6-12(15)17/h4-6,10H,7-9,18H2,1-3H3. The number of para-hydroxylation sites is 1. The van der Waals surface area contributed by atoms with E-state index in [1.54, 1.807) is 11.3 Å². The zero-order valence-corrected chi connectivity index (χ0v) is 14.2. The molecule has 0 aliphatic rings. The number of rotatable bonds is 5. The molecule has 2 aromatic rings. The van der Waals surface area contributed by atoms with E-state index in [4.69, 9.17) is 22.1 Å². The van der Waals surface area contributed by atoms with Gasteiger partial charge in [-0.1, -0.05) is 44.5 Å². The van der Waals surface area contributed by atoms with Gasteiger partial charge in [0.2, 0.25) is 0 Å². The van der Waals surface area contributed by atoms with Crippen molar-refractivity contribution >= 4 is 22.9 Å². The zero-order valence-electron chi connectivity index (χ0n) is 12.6. The van der Waals surface area contributed by atoms with Crippen molar-refractivity contribution < 1.29 is 4.74 Å². The molecule has 0 unspecified atom stereocenters. The summed E-state index contributed by atoms with van der Waals surface area (Å²) in [6, 6.07) is 5.75. The summed E-state index contributed by atoms with van der Waals surface area (Å²) in [5.41, 5.74) is 7.82. The minimum absolute atomic E-state index is 0.0594. The first-order chi connectivity index (χ1) is 9.91. The van der Waals surface area contributed by atoms with Crippen LogP contribution in [0.5, 0.6) is 5.75 Å². The van der Waals surface area contributed by atoms with Crippen molar-refractivity contribution in [3.63, 3.8) is 0 Å². The van der Waals surface area contributed by atoms with E-state index in [1.807, 2.05) is 18.2 Å². The summed E-state index contributed by atoms with van der Waals surface area (Å²) in [5, 5.41) is 3.67. The summed E-state index contributed by atoms with van der Waals surface area (Å²) in [6.45, 7) is 7.46. The van der Waals surface area contributed by atoms with Crippen LogP contribution < -0.4 is 10.5 Å². The molecule has 2 rings (SSSR count). The number of benzene rings is 1. The summed E-state index contributed by atoms with van der Waals surface area (Å²) in [6.07, 6.45) is 0.751. The lowest BCUT2D eigenvalue weighted by atomic mass is 9.93. The maximum Gasteiger partial charge on any atom is 0.141 e. The average molecular weight is 325 g/mol. The van der Waals surface area contributed by atoms with Gasteiger partial charge in [-0.2, -0.15) is 0 Å². The number of nitrogens with zero attached hydrogens (tertiary/aromatic N) is 1. The van der Waals surface area contributed by atoms with Crippen LogP contribution in [0.3, 0.4) is 0 Å². The van der Waals surface area contributed by atoms with Crippen molar-refractivity contribution in [2.45, 2.75) is 39.2 Å². The van der Waals surface area contributed by atoms with Crippen molar-refractivity contribution in [3.05, 3.63) is 44.9 Å². The van der Waals surface area contributed by atoms with E-state index in [-0.39, 0.29) is 5.41 Å². The van der Waals surface area contributed by atoms with Crippen LogP contribution >= 0.6 is 22.9 Å². The highest BCUT2D eigenvalue weighted by molar-refractivity contribution is 7.09. The minimum atomic E-state index is 0.0594. The van der Waals surface area contributed by atoms with Gasteiger partial charge < -0.3 is 10.5 Å². The van der Waals surface area contributed by atoms with Gasteiger partial charge in [0.15, 0.2) is 0 Å². The van der Waals surface area contributed by atoms with Gasteiger partial charge in [-0.25, -0.2) is 4.98 Å². The second-order valence-electron chi connectivity index (χ2n) is 5.93. The second kappa shape index (κ2) is 6.77.